The van der Waals surface area contributed by atoms with Crippen LogP contribution in [-0.4, -0.2) is 70.9 Å². The van der Waals surface area contributed by atoms with Gasteiger partial charge in [-0.05, 0) is 37.1 Å². The standard InChI is InChI=1S/C23H21N3O5/c27-20-16-7-1-2-8-17(16)21(28)25(20)13-24(12-15-6-5-11-31-15)14-26-22(29)18-9-3-4-10-19(18)23(26)30/h1-4,7-10,15H,5-6,11-14H2/t15-/m1/s1. The Kier molecular flexibility index (Phi) is 4.88. The average molecular weight is 419 g/mol. The number of ether oxygens (including phenoxy) is 1. The van der Waals surface area contributed by atoms with Crippen LogP contribution in [0.15, 0.2) is 48.5 Å². The van der Waals surface area contributed by atoms with E-state index in [1.807, 2.05) is 0 Å². The highest BCUT2D eigenvalue weighted by atomic mass is 16.5. The number of amides is 4. The van der Waals surface area contributed by atoms with Gasteiger partial charge in [-0.1, -0.05) is 24.3 Å². The molecule has 158 valence electrons. The molecule has 3 aliphatic rings. The average Bonchev–Trinajstić information content (AvgIpc) is 3.45. The molecule has 0 unspecified atom stereocenters. The van der Waals surface area contributed by atoms with Gasteiger partial charge in [-0.2, -0.15) is 0 Å². The molecule has 1 fully saturated rings. The summed E-state index contributed by atoms with van der Waals surface area (Å²) < 4.78 is 5.72. The van der Waals surface area contributed by atoms with Crippen LogP contribution >= 0.6 is 0 Å². The largest absolute Gasteiger partial charge is 0.377 e. The molecule has 0 aromatic heterocycles. The molecule has 3 aliphatic heterocycles. The highest BCUT2D eigenvalue weighted by Crippen LogP contribution is 2.26. The van der Waals surface area contributed by atoms with E-state index in [1.54, 1.807) is 53.4 Å². The lowest BCUT2D eigenvalue weighted by Crippen LogP contribution is -2.49. The Morgan fingerprint density at radius 2 is 1.16 bits per heavy atom. The highest BCUT2D eigenvalue weighted by Gasteiger charge is 2.40. The number of hydrogen-bond acceptors (Lipinski definition) is 6. The van der Waals surface area contributed by atoms with Crippen LogP contribution in [0.25, 0.3) is 0 Å². The fourth-order valence-corrected chi connectivity index (χ4v) is 4.37. The Labute approximate surface area is 179 Å². The summed E-state index contributed by atoms with van der Waals surface area (Å²) in [6.07, 6.45) is 1.70. The third-order valence-corrected chi connectivity index (χ3v) is 5.93. The maximum atomic E-state index is 12.8. The number of nitrogens with zero attached hydrogens (tertiary/aromatic N) is 3. The molecule has 0 spiro atoms. The van der Waals surface area contributed by atoms with Gasteiger partial charge < -0.3 is 4.74 Å². The molecule has 1 atom stereocenters. The van der Waals surface area contributed by atoms with E-state index in [0.717, 1.165) is 22.6 Å². The van der Waals surface area contributed by atoms with Gasteiger partial charge in [0.25, 0.3) is 23.6 Å². The number of imide groups is 2. The molecule has 8 nitrogen and oxygen atoms in total. The summed E-state index contributed by atoms with van der Waals surface area (Å²) in [5.74, 6) is -1.50. The maximum Gasteiger partial charge on any atom is 0.262 e. The Morgan fingerprint density at radius 3 is 1.52 bits per heavy atom. The topological polar surface area (TPSA) is 87.2 Å². The van der Waals surface area contributed by atoms with E-state index >= 15 is 0 Å². The van der Waals surface area contributed by atoms with Crippen LogP contribution in [0, 0.1) is 0 Å². The van der Waals surface area contributed by atoms with Crippen molar-refractivity contribution in [2.24, 2.45) is 0 Å². The predicted octanol–water partition coefficient (Wildman–Crippen LogP) is 1.97. The van der Waals surface area contributed by atoms with E-state index in [1.165, 1.54) is 0 Å². The molecule has 2 aromatic carbocycles. The minimum Gasteiger partial charge on any atom is -0.377 e. The van der Waals surface area contributed by atoms with Crippen molar-refractivity contribution >= 4 is 23.6 Å². The van der Waals surface area contributed by atoms with Crippen LogP contribution in [0.5, 0.6) is 0 Å². The third kappa shape index (κ3) is 3.34. The first-order chi connectivity index (χ1) is 15.0. The van der Waals surface area contributed by atoms with Crippen molar-refractivity contribution in [2.75, 3.05) is 26.5 Å². The van der Waals surface area contributed by atoms with E-state index < -0.39 is 0 Å². The van der Waals surface area contributed by atoms with E-state index in [4.69, 9.17) is 4.74 Å². The number of fused-ring (bicyclic) bond motifs is 2. The van der Waals surface area contributed by atoms with E-state index in [-0.39, 0.29) is 43.1 Å². The highest BCUT2D eigenvalue weighted by molar-refractivity contribution is 6.22. The van der Waals surface area contributed by atoms with Crippen molar-refractivity contribution in [1.29, 1.82) is 0 Å². The number of carbonyl (C=O) groups is 4. The zero-order valence-electron chi connectivity index (χ0n) is 16.8. The summed E-state index contributed by atoms with van der Waals surface area (Å²) in [7, 11) is 0. The monoisotopic (exact) mass is 419 g/mol. The summed E-state index contributed by atoms with van der Waals surface area (Å²) in [4.78, 5) is 55.4. The van der Waals surface area contributed by atoms with Crippen molar-refractivity contribution < 1.29 is 23.9 Å². The van der Waals surface area contributed by atoms with Gasteiger partial charge in [-0.3, -0.25) is 33.9 Å². The quantitative estimate of drug-likeness (QED) is 0.666. The molecule has 0 bridgehead atoms. The molecule has 3 heterocycles. The van der Waals surface area contributed by atoms with Gasteiger partial charge >= 0.3 is 0 Å². The van der Waals surface area contributed by atoms with Gasteiger partial charge in [-0.15, -0.1) is 0 Å². The van der Waals surface area contributed by atoms with Gasteiger partial charge in [0.15, 0.2) is 0 Å². The molecule has 0 N–H and O–H groups in total. The SMILES string of the molecule is O=C1c2ccccc2C(=O)N1CN(C[C@H]1CCCO1)CN1C(=O)c2ccccc2C1=O. The molecule has 5 rings (SSSR count). The van der Waals surface area contributed by atoms with E-state index in [2.05, 4.69) is 0 Å². The van der Waals surface area contributed by atoms with Crippen LogP contribution in [0.1, 0.15) is 54.3 Å². The molecule has 0 aliphatic carbocycles. The lowest BCUT2D eigenvalue weighted by molar-refractivity contribution is 0.0197. The molecule has 2 aromatic rings. The second kappa shape index (κ2) is 7.72. The number of hydrogen-bond donors (Lipinski definition) is 0. The summed E-state index contributed by atoms with van der Waals surface area (Å²) >= 11 is 0. The van der Waals surface area contributed by atoms with Crippen LogP contribution in [-0.2, 0) is 4.74 Å². The maximum absolute atomic E-state index is 12.8. The van der Waals surface area contributed by atoms with Crippen molar-refractivity contribution in [3.05, 3.63) is 70.8 Å². The fraction of sp³-hybridized carbons (Fsp3) is 0.304. The van der Waals surface area contributed by atoms with Crippen LogP contribution in [0.3, 0.4) is 0 Å². The molecule has 31 heavy (non-hydrogen) atoms. The number of rotatable bonds is 6. The van der Waals surface area contributed by atoms with Gasteiger partial charge in [0.1, 0.15) is 0 Å². The lowest BCUT2D eigenvalue weighted by Gasteiger charge is -2.31. The van der Waals surface area contributed by atoms with Gasteiger partial charge in [0, 0.05) is 13.2 Å². The first-order valence-corrected chi connectivity index (χ1v) is 10.3. The summed E-state index contributed by atoms with van der Waals surface area (Å²) in [5, 5.41) is 0. The minimum absolute atomic E-state index is 0.0282. The Morgan fingerprint density at radius 1 is 0.742 bits per heavy atom. The summed E-state index contributed by atoms with van der Waals surface area (Å²) in [6.45, 7) is 0.999. The first kappa shape index (κ1) is 19.6. The smallest absolute Gasteiger partial charge is 0.262 e. The second-order valence-electron chi connectivity index (χ2n) is 7.94. The molecule has 4 amide bonds. The third-order valence-electron chi connectivity index (χ3n) is 5.93. The van der Waals surface area contributed by atoms with E-state index in [0.29, 0.717) is 35.4 Å². The molecular formula is C23H21N3O5. The zero-order valence-corrected chi connectivity index (χ0v) is 16.8. The number of benzene rings is 2. The van der Waals surface area contributed by atoms with Crippen LogP contribution in [0.2, 0.25) is 0 Å². The van der Waals surface area contributed by atoms with Crippen LogP contribution < -0.4 is 0 Å². The van der Waals surface area contributed by atoms with Crippen molar-refractivity contribution in [3.8, 4) is 0 Å². The van der Waals surface area contributed by atoms with Crippen molar-refractivity contribution in [3.63, 3.8) is 0 Å². The molecule has 0 saturated carbocycles. The van der Waals surface area contributed by atoms with Gasteiger partial charge in [0.2, 0.25) is 0 Å². The number of carbonyl (C=O) groups excluding carboxylic acids is 4. The lowest BCUT2D eigenvalue weighted by atomic mass is 10.1. The molecular weight excluding hydrogens is 398 g/mol. The molecule has 0 radical (unpaired) electrons. The van der Waals surface area contributed by atoms with Crippen LogP contribution in [0.4, 0.5) is 0 Å². The van der Waals surface area contributed by atoms with Crippen molar-refractivity contribution in [1.82, 2.24) is 14.7 Å². The zero-order chi connectivity index (χ0) is 21.5. The first-order valence-electron chi connectivity index (χ1n) is 10.3. The fourth-order valence-electron chi connectivity index (χ4n) is 4.37. The van der Waals surface area contributed by atoms with Gasteiger partial charge in [-0.25, -0.2) is 0 Å². The Balaban J connectivity index is 1.38. The normalized spacial score (nSPS) is 20.2. The summed E-state index contributed by atoms with van der Waals surface area (Å²) in [6, 6.07) is 13.4. The van der Waals surface area contributed by atoms with Gasteiger partial charge in [0.05, 0.1) is 41.7 Å². The summed E-state index contributed by atoms with van der Waals surface area (Å²) in [5.41, 5.74) is 1.46. The van der Waals surface area contributed by atoms with E-state index in [9.17, 15) is 19.2 Å². The van der Waals surface area contributed by atoms with Crippen molar-refractivity contribution in [2.45, 2.75) is 18.9 Å². The molecule has 8 heteroatoms. The Bertz CT molecular complexity index is 945. The minimum atomic E-state index is -0.375. The molecule has 1 saturated heterocycles. The Hall–Kier alpha value is -3.36. The predicted molar refractivity (Wildman–Crippen MR) is 109 cm³/mol. The second-order valence-corrected chi connectivity index (χ2v) is 7.94.